The summed E-state index contributed by atoms with van der Waals surface area (Å²) in [5, 5.41) is 6.00. The number of carbonyl (C=O) groups excluding carboxylic acids is 2. The van der Waals surface area contributed by atoms with Crippen molar-refractivity contribution in [3.63, 3.8) is 0 Å². The average molecular weight is 488 g/mol. The van der Waals surface area contributed by atoms with E-state index in [-0.39, 0.29) is 5.91 Å². The van der Waals surface area contributed by atoms with Gasteiger partial charge in [-0.25, -0.2) is 0 Å². The number of hydrogen-bond donors (Lipinski definition) is 3. The molecule has 0 bridgehead atoms. The van der Waals surface area contributed by atoms with Crippen LogP contribution in [-0.4, -0.2) is 45.9 Å². The van der Waals surface area contributed by atoms with E-state index >= 15 is 0 Å². The Kier molecular flexibility index (Phi) is 9.70. The molecule has 1 amide bonds. The second-order valence-electron chi connectivity index (χ2n) is 8.22. The van der Waals surface area contributed by atoms with Crippen molar-refractivity contribution in [2.75, 3.05) is 30.9 Å². The van der Waals surface area contributed by atoms with Gasteiger partial charge in [-0.1, -0.05) is 33.7 Å². The van der Waals surface area contributed by atoms with Crippen molar-refractivity contribution in [3.8, 4) is 11.1 Å². The van der Waals surface area contributed by atoms with E-state index in [9.17, 15) is 9.59 Å². The lowest BCUT2D eigenvalue weighted by molar-refractivity contribution is 0.101. The molecule has 0 aliphatic rings. The summed E-state index contributed by atoms with van der Waals surface area (Å²) in [6, 6.07) is 10.9. The standard InChI is InChI=1S/C18H18N4O2.C6H15NS2/c1-21-9-13(7-16(21)11-23)12-3-5-15(6-4-12)20-18(24)17-8-14(19)10-22(17)2;1-6(2,5-7-3)9-8-4/h3-11H,19H2,1-2H3,(H,20,24);7H,5H2,1-4H3. The highest BCUT2D eigenvalue weighted by atomic mass is 33.1. The molecule has 178 valence electrons. The Morgan fingerprint density at radius 3 is 2.24 bits per heavy atom. The SMILES string of the molecule is CNCC(C)(C)SSC.Cn1cc(-c2ccc(NC(=O)c3cc(N)cn3C)cc2)cc1C=O. The molecule has 3 rings (SSSR count). The molecule has 0 unspecified atom stereocenters. The molecule has 0 saturated heterocycles. The maximum atomic E-state index is 12.3. The summed E-state index contributed by atoms with van der Waals surface area (Å²) in [7, 11) is 9.33. The second kappa shape index (κ2) is 12.0. The molecule has 4 N–H and O–H groups in total. The predicted molar refractivity (Wildman–Crippen MR) is 143 cm³/mol. The van der Waals surface area contributed by atoms with E-state index in [2.05, 4.69) is 30.7 Å². The molecule has 2 heterocycles. The van der Waals surface area contributed by atoms with E-state index in [1.165, 1.54) is 0 Å². The van der Waals surface area contributed by atoms with Crippen molar-refractivity contribution >= 4 is 45.2 Å². The fourth-order valence-electron chi connectivity index (χ4n) is 3.29. The van der Waals surface area contributed by atoms with Crippen molar-refractivity contribution in [2.24, 2.45) is 14.1 Å². The first kappa shape index (κ1) is 26.6. The van der Waals surface area contributed by atoms with Crippen molar-refractivity contribution in [3.05, 3.63) is 60.2 Å². The lowest BCUT2D eigenvalue weighted by atomic mass is 10.1. The van der Waals surface area contributed by atoms with Gasteiger partial charge in [0.05, 0.1) is 11.4 Å². The number of amides is 1. The Hall–Kier alpha value is -2.62. The van der Waals surface area contributed by atoms with E-state index in [1.54, 1.807) is 28.4 Å². The zero-order valence-electron chi connectivity index (χ0n) is 20.0. The Morgan fingerprint density at radius 1 is 1.09 bits per heavy atom. The molecule has 3 aromatic rings. The van der Waals surface area contributed by atoms with Crippen LogP contribution in [0.15, 0.2) is 48.8 Å². The first-order chi connectivity index (χ1) is 15.6. The van der Waals surface area contributed by atoms with Gasteiger partial charge in [0.1, 0.15) is 5.69 Å². The van der Waals surface area contributed by atoms with Crippen molar-refractivity contribution in [2.45, 2.75) is 18.6 Å². The smallest absolute Gasteiger partial charge is 0.272 e. The van der Waals surface area contributed by atoms with Crippen LogP contribution in [0.3, 0.4) is 0 Å². The maximum Gasteiger partial charge on any atom is 0.272 e. The van der Waals surface area contributed by atoms with Crippen LogP contribution in [0.1, 0.15) is 34.8 Å². The van der Waals surface area contributed by atoms with E-state index < -0.39 is 0 Å². The molecular weight excluding hydrogens is 454 g/mol. The molecule has 0 radical (unpaired) electrons. The molecule has 7 nitrogen and oxygen atoms in total. The number of nitrogens with two attached hydrogens (primary N) is 1. The summed E-state index contributed by atoms with van der Waals surface area (Å²) in [5.41, 5.74) is 9.97. The van der Waals surface area contributed by atoms with Crippen LogP contribution in [0.5, 0.6) is 0 Å². The summed E-state index contributed by atoms with van der Waals surface area (Å²) in [4.78, 5) is 23.2. The number of nitrogens with one attached hydrogen (secondary N) is 2. The van der Waals surface area contributed by atoms with Crippen LogP contribution >= 0.6 is 21.6 Å². The monoisotopic (exact) mass is 487 g/mol. The van der Waals surface area contributed by atoms with Crippen LogP contribution < -0.4 is 16.4 Å². The van der Waals surface area contributed by atoms with Gasteiger partial charge in [-0.05, 0) is 57.0 Å². The minimum Gasteiger partial charge on any atom is -0.397 e. The largest absolute Gasteiger partial charge is 0.397 e. The number of anilines is 2. The minimum atomic E-state index is -0.218. The minimum absolute atomic E-state index is 0.218. The number of aromatic nitrogens is 2. The molecule has 0 atom stereocenters. The molecular formula is C24H33N5O2S2. The molecule has 0 aliphatic carbocycles. The van der Waals surface area contributed by atoms with E-state index in [0.717, 1.165) is 24.0 Å². The van der Waals surface area contributed by atoms with Crippen LogP contribution in [0.2, 0.25) is 0 Å². The summed E-state index contributed by atoms with van der Waals surface area (Å²) >= 11 is 0. The molecule has 0 fully saturated rings. The molecule has 0 spiro atoms. The molecule has 0 aliphatic heterocycles. The quantitative estimate of drug-likeness (QED) is 0.316. The van der Waals surface area contributed by atoms with Crippen molar-refractivity contribution in [1.29, 1.82) is 0 Å². The Morgan fingerprint density at radius 2 is 1.76 bits per heavy atom. The summed E-state index contributed by atoms with van der Waals surface area (Å²) < 4.78 is 3.83. The van der Waals surface area contributed by atoms with Crippen LogP contribution in [0, 0.1) is 0 Å². The van der Waals surface area contributed by atoms with E-state index in [0.29, 0.717) is 27.5 Å². The van der Waals surface area contributed by atoms with Crippen LogP contribution in [0.4, 0.5) is 11.4 Å². The van der Waals surface area contributed by atoms with Crippen molar-refractivity contribution < 1.29 is 9.59 Å². The third kappa shape index (κ3) is 7.73. The van der Waals surface area contributed by atoms with E-state index in [4.69, 9.17) is 5.73 Å². The lowest BCUT2D eigenvalue weighted by Crippen LogP contribution is -2.28. The van der Waals surface area contributed by atoms with Crippen molar-refractivity contribution in [1.82, 2.24) is 14.5 Å². The van der Waals surface area contributed by atoms with Crippen LogP contribution in [0.25, 0.3) is 11.1 Å². The van der Waals surface area contributed by atoms with E-state index in [1.807, 2.05) is 72.2 Å². The number of carbonyl (C=O) groups is 2. The van der Waals surface area contributed by atoms with Gasteiger partial charge in [0, 0.05) is 49.0 Å². The second-order valence-corrected chi connectivity index (χ2v) is 11.3. The number of aryl methyl sites for hydroxylation is 2. The fraction of sp³-hybridized carbons (Fsp3) is 0.333. The fourth-order valence-corrected chi connectivity index (χ4v) is 5.48. The number of benzene rings is 1. The number of hydrogen-bond acceptors (Lipinski definition) is 6. The van der Waals surface area contributed by atoms with Gasteiger partial charge < -0.3 is 25.5 Å². The lowest BCUT2D eigenvalue weighted by Gasteiger charge is -2.21. The molecule has 33 heavy (non-hydrogen) atoms. The van der Waals surface area contributed by atoms with Gasteiger partial charge in [0.25, 0.3) is 5.91 Å². The third-order valence-corrected chi connectivity index (χ3v) is 7.43. The zero-order chi connectivity index (χ0) is 24.6. The zero-order valence-corrected chi connectivity index (χ0v) is 21.6. The van der Waals surface area contributed by atoms with Gasteiger partial charge in [0.15, 0.2) is 6.29 Å². The van der Waals surface area contributed by atoms with Gasteiger partial charge in [-0.2, -0.15) is 0 Å². The summed E-state index contributed by atoms with van der Waals surface area (Å²) in [6.07, 6.45) is 6.52. The van der Waals surface area contributed by atoms with Gasteiger partial charge >= 0.3 is 0 Å². The highest BCUT2D eigenvalue weighted by Gasteiger charge is 2.16. The average Bonchev–Trinajstić information content (AvgIpc) is 3.29. The molecule has 1 aromatic carbocycles. The Bertz CT molecular complexity index is 1060. The van der Waals surface area contributed by atoms with Crippen LogP contribution in [-0.2, 0) is 14.1 Å². The predicted octanol–water partition coefficient (Wildman–Crippen LogP) is 4.67. The number of aldehydes is 1. The number of nitrogen functional groups attached to an aromatic ring is 1. The third-order valence-electron chi connectivity index (χ3n) is 4.81. The first-order valence-electron chi connectivity index (χ1n) is 10.4. The van der Waals surface area contributed by atoms with Gasteiger partial charge in [-0.15, -0.1) is 0 Å². The van der Waals surface area contributed by atoms with Gasteiger partial charge in [0.2, 0.25) is 0 Å². The molecule has 0 saturated carbocycles. The van der Waals surface area contributed by atoms with Gasteiger partial charge in [-0.3, -0.25) is 9.59 Å². The number of rotatable bonds is 8. The molecule has 9 heteroatoms. The Balaban J connectivity index is 0.000000365. The highest BCUT2D eigenvalue weighted by molar-refractivity contribution is 8.76. The summed E-state index contributed by atoms with van der Waals surface area (Å²) in [5.74, 6) is -0.218. The highest BCUT2D eigenvalue weighted by Crippen LogP contribution is 2.32. The Labute approximate surface area is 203 Å². The first-order valence-corrected chi connectivity index (χ1v) is 13.0. The molecule has 2 aromatic heterocycles. The topological polar surface area (TPSA) is 94.1 Å². The number of nitrogens with zero attached hydrogens (tertiary/aromatic N) is 2. The maximum absolute atomic E-state index is 12.3. The normalized spacial score (nSPS) is 11.0. The summed E-state index contributed by atoms with van der Waals surface area (Å²) in [6.45, 7) is 5.55.